The molecule has 0 saturated carbocycles. The first kappa shape index (κ1) is 7.94. The summed E-state index contributed by atoms with van der Waals surface area (Å²) in [6.07, 6.45) is 0. The normalized spacial score (nSPS) is 10.0. The molecule has 0 radical (unpaired) electrons. The summed E-state index contributed by atoms with van der Waals surface area (Å²) in [5, 5.41) is 0.360. The van der Waals surface area contributed by atoms with Crippen molar-refractivity contribution in [3.05, 3.63) is 16.4 Å². The van der Waals surface area contributed by atoms with E-state index < -0.39 is 5.91 Å². The zero-order chi connectivity index (χ0) is 8.59. The van der Waals surface area contributed by atoms with Crippen molar-refractivity contribution in [2.24, 2.45) is 5.73 Å². The van der Waals surface area contributed by atoms with Crippen LogP contribution in [0.4, 0.5) is 5.69 Å². The minimum Gasteiger partial charge on any atom is -0.396 e. The van der Waals surface area contributed by atoms with E-state index in [-0.39, 0.29) is 11.4 Å². The molecule has 0 atom stereocenters. The summed E-state index contributed by atoms with van der Waals surface area (Å²) in [6, 6.07) is 0. The molecule has 1 aromatic rings. The molecule has 0 aliphatic rings. The standard InChI is InChI=1S/C6H8ClN3O/c1-2-3(7)4(8)5(10-2)6(9)11/h10H,8H2,1H3,(H2,9,11). The van der Waals surface area contributed by atoms with Gasteiger partial charge in [0, 0.05) is 5.69 Å². The molecule has 0 fully saturated rings. The molecule has 0 saturated heterocycles. The van der Waals surface area contributed by atoms with Crippen LogP contribution in [0.15, 0.2) is 0 Å². The molecule has 1 aromatic heterocycles. The Kier molecular flexibility index (Phi) is 1.78. The van der Waals surface area contributed by atoms with E-state index in [4.69, 9.17) is 23.1 Å². The van der Waals surface area contributed by atoms with Gasteiger partial charge in [0.25, 0.3) is 5.91 Å². The van der Waals surface area contributed by atoms with Crippen LogP contribution in [0.2, 0.25) is 5.02 Å². The minimum absolute atomic E-state index is 0.174. The molecule has 4 nitrogen and oxygen atoms in total. The summed E-state index contributed by atoms with van der Waals surface area (Å²) in [5.41, 5.74) is 11.5. The number of nitrogens with two attached hydrogens (primary N) is 2. The number of anilines is 1. The van der Waals surface area contributed by atoms with Crippen LogP contribution in [0.1, 0.15) is 16.2 Å². The van der Waals surface area contributed by atoms with Gasteiger partial charge in [0.05, 0.1) is 10.7 Å². The van der Waals surface area contributed by atoms with Gasteiger partial charge in [-0.2, -0.15) is 0 Å². The Hall–Kier alpha value is -1.16. The maximum absolute atomic E-state index is 10.6. The first-order valence-corrected chi connectivity index (χ1v) is 3.35. The summed E-state index contributed by atoms with van der Waals surface area (Å²) in [6.45, 7) is 1.71. The van der Waals surface area contributed by atoms with Crippen LogP contribution in [0.5, 0.6) is 0 Å². The second-order valence-corrected chi connectivity index (χ2v) is 2.59. The van der Waals surface area contributed by atoms with Gasteiger partial charge in [-0.1, -0.05) is 11.6 Å². The lowest BCUT2D eigenvalue weighted by Gasteiger charge is -1.90. The van der Waals surface area contributed by atoms with Crippen molar-refractivity contribution in [3.8, 4) is 0 Å². The number of H-pyrrole nitrogens is 1. The summed E-state index contributed by atoms with van der Waals surface area (Å²) in [4.78, 5) is 13.3. The van der Waals surface area contributed by atoms with Gasteiger partial charge in [-0.05, 0) is 6.92 Å². The van der Waals surface area contributed by atoms with Gasteiger partial charge in [0.2, 0.25) is 0 Å². The summed E-state index contributed by atoms with van der Waals surface area (Å²) in [5.74, 6) is -0.600. The van der Waals surface area contributed by atoms with Crippen molar-refractivity contribution >= 4 is 23.2 Å². The number of aromatic nitrogens is 1. The molecule has 60 valence electrons. The van der Waals surface area contributed by atoms with Crippen molar-refractivity contribution in [2.75, 3.05) is 5.73 Å². The Balaban J connectivity index is 3.29. The number of carbonyl (C=O) groups excluding carboxylic acids is 1. The van der Waals surface area contributed by atoms with Crippen LogP contribution in [0, 0.1) is 6.92 Å². The Morgan fingerprint density at radius 2 is 2.18 bits per heavy atom. The average molecular weight is 174 g/mol. The predicted octanol–water partition coefficient (Wildman–Crippen LogP) is 0.658. The fourth-order valence-electron chi connectivity index (χ4n) is 0.816. The second kappa shape index (κ2) is 2.47. The van der Waals surface area contributed by atoms with E-state index in [2.05, 4.69) is 4.98 Å². The molecule has 1 rings (SSSR count). The van der Waals surface area contributed by atoms with Gasteiger partial charge in [-0.3, -0.25) is 4.79 Å². The molecule has 5 N–H and O–H groups in total. The lowest BCUT2D eigenvalue weighted by Crippen LogP contribution is -2.13. The van der Waals surface area contributed by atoms with Gasteiger partial charge < -0.3 is 16.5 Å². The molecule has 0 bridgehead atoms. The molecule has 0 aromatic carbocycles. The first-order valence-electron chi connectivity index (χ1n) is 2.97. The van der Waals surface area contributed by atoms with Crippen molar-refractivity contribution < 1.29 is 4.79 Å². The average Bonchev–Trinajstić information content (AvgIpc) is 2.17. The minimum atomic E-state index is -0.600. The molecular formula is C6H8ClN3O. The maximum atomic E-state index is 10.6. The lowest BCUT2D eigenvalue weighted by atomic mass is 10.3. The Labute approximate surface area is 68.5 Å². The molecule has 11 heavy (non-hydrogen) atoms. The summed E-state index contributed by atoms with van der Waals surface area (Å²) in [7, 11) is 0. The van der Waals surface area contributed by atoms with Crippen molar-refractivity contribution in [1.29, 1.82) is 0 Å². The van der Waals surface area contributed by atoms with Crippen molar-refractivity contribution in [3.63, 3.8) is 0 Å². The highest BCUT2D eigenvalue weighted by molar-refractivity contribution is 6.34. The number of halogens is 1. The van der Waals surface area contributed by atoms with E-state index in [1.165, 1.54) is 0 Å². The number of amides is 1. The number of aryl methyl sites for hydroxylation is 1. The van der Waals surface area contributed by atoms with E-state index >= 15 is 0 Å². The molecule has 1 amide bonds. The van der Waals surface area contributed by atoms with Gasteiger partial charge in [0.15, 0.2) is 0 Å². The molecule has 0 aliphatic heterocycles. The summed E-state index contributed by atoms with van der Waals surface area (Å²) < 4.78 is 0. The highest BCUT2D eigenvalue weighted by atomic mass is 35.5. The van der Waals surface area contributed by atoms with E-state index in [1.807, 2.05) is 0 Å². The van der Waals surface area contributed by atoms with Crippen LogP contribution in [0.25, 0.3) is 0 Å². The number of hydrogen-bond acceptors (Lipinski definition) is 2. The number of nitrogens with one attached hydrogen (secondary N) is 1. The zero-order valence-corrected chi connectivity index (χ0v) is 6.70. The third kappa shape index (κ3) is 1.17. The third-order valence-corrected chi connectivity index (χ3v) is 1.88. The van der Waals surface area contributed by atoms with Crippen LogP contribution in [0.3, 0.4) is 0 Å². The van der Waals surface area contributed by atoms with E-state index in [1.54, 1.807) is 6.92 Å². The number of primary amides is 1. The number of hydrogen-bond donors (Lipinski definition) is 3. The second-order valence-electron chi connectivity index (χ2n) is 2.22. The largest absolute Gasteiger partial charge is 0.396 e. The van der Waals surface area contributed by atoms with Gasteiger partial charge in [-0.15, -0.1) is 0 Å². The fourth-order valence-corrected chi connectivity index (χ4v) is 0.958. The fraction of sp³-hybridized carbons (Fsp3) is 0.167. The molecule has 5 heteroatoms. The monoisotopic (exact) mass is 173 g/mol. The molecule has 0 spiro atoms. The SMILES string of the molecule is Cc1[nH]c(C(N)=O)c(N)c1Cl. The lowest BCUT2D eigenvalue weighted by molar-refractivity contribution is 0.0997. The number of carbonyl (C=O) groups is 1. The molecule has 0 unspecified atom stereocenters. The Morgan fingerprint density at radius 1 is 1.64 bits per heavy atom. The van der Waals surface area contributed by atoms with Crippen LogP contribution < -0.4 is 11.5 Å². The van der Waals surface area contributed by atoms with Crippen LogP contribution >= 0.6 is 11.6 Å². The zero-order valence-electron chi connectivity index (χ0n) is 5.94. The van der Waals surface area contributed by atoms with Crippen LogP contribution in [-0.2, 0) is 0 Å². The topological polar surface area (TPSA) is 84.9 Å². The smallest absolute Gasteiger partial charge is 0.267 e. The number of rotatable bonds is 1. The number of aromatic amines is 1. The van der Waals surface area contributed by atoms with Gasteiger partial charge in [0.1, 0.15) is 5.69 Å². The third-order valence-electron chi connectivity index (χ3n) is 1.39. The van der Waals surface area contributed by atoms with Crippen molar-refractivity contribution in [1.82, 2.24) is 4.98 Å². The van der Waals surface area contributed by atoms with Crippen molar-refractivity contribution in [2.45, 2.75) is 6.92 Å². The van der Waals surface area contributed by atoms with E-state index in [0.29, 0.717) is 10.7 Å². The molecular weight excluding hydrogens is 166 g/mol. The maximum Gasteiger partial charge on any atom is 0.267 e. The Bertz CT molecular complexity index is 305. The van der Waals surface area contributed by atoms with Gasteiger partial charge >= 0.3 is 0 Å². The van der Waals surface area contributed by atoms with E-state index in [9.17, 15) is 4.79 Å². The highest BCUT2D eigenvalue weighted by Crippen LogP contribution is 2.25. The first-order chi connectivity index (χ1) is 5.04. The predicted molar refractivity (Wildman–Crippen MR) is 43.5 cm³/mol. The van der Waals surface area contributed by atoms with Crippen LogP contribution in [-0.4, -0.2) is 10.9 Å². The van der Waals surface area contributed by atoms with Gasteiger partial charge in [-0.25, -0.2) is 0 Å². The van der Waals surface area contributed by atoms with E-state index in [0.717, 1.165) is 0 Å². The summed E-state index contributed by atoms with van der Waals surface area (Å²) >= 11 is 5.68. The quantitative estimate of drug-likeness (QED) is 0.583. The number of nitrogen functional groups attached to an aromatic ring is 1. The highest BCUT2D eigenvalue weighted by Gasteiger charge is 2.13. The molecule has 1 heterocycles. The Morgan fingerprint density at radius 3 is 2.36 bits per heavy atom. The molecule has 0 aliphatic carbocycles.